The number of anilines is 3. The average Bonchev–Trinajstić information content (AvgIpc) is 2.71. The predicted molar refractivity (Wildman–Crippen MR) is 111 cm³/mol. The van der Waals surface area contributed by atoms with Crippen molar-refractivity contribution in [2.24, 2.45) is 0 Å². The van der Waals surface area contributed by atoms with Gasteiger partial charge in [0.05, 0.1) is 12.3 Å². The number of benzene rings is 3. The zero-order valence-corrected chi connectivity index (χ0v) is 15.5. The van der Waals surface area contributed by atoms with Crippen LogP contribution in [0.1, 0.15) is 32.6 Å². The lowest BCUT2D eigenvalue weighted by Crippen LogP contribution is -2.11. The number of hydrogen-bond acceptors (Lipinski definition) is 2. The molecular formula is C24H27NO. The second-order valence-electron chi connectivity index (χ2n) is 6.38. The van der Waals surface area contributed by atoms with Crippen molar-refractivity contribution in [3.05, 3.63) is 84.9 Å². The van der Waals surface area contributed by atoms with E-state index in [9.17, 15) is 0 Å². The molecule has 0 radical (unpaired) electrons. The van der Waals surface area contributed by atoms with E-state index in [0.29, 0.717) is 0 Å². The summed E-state index contributed by atoms with van der Waals surface area (Å²) in [5.74, 6) is 0.928. The van der Waals surface area contributed by atoms with Crippen LogP contribution in [-0.2, 0) is 0 Å². The Labute approximate surface area is 157 Å². The van der Waals surface area contributed by atoms with Gasteiger partial charge in [-0.15, -0.1) is 0 Å². The summed E-state index contributed by atoms with van der Waals surface area (Å²) in [6, 6.07) is 29.2. The molecule has 0 amide bonds. The molecule has 3 aromatic carbocycles. The summed E-state index contributed by atoms with van der Waals surface area (Å²) >= 11 is 0. The van der Waals surface area contributed by atoms with E-state index in [1.807, 2.05) is 18.2 Å². The van der Waals surface area contributed by atoms with Crippen LogP contribution in [0.5, 0.6) is 5.75 Å². The molecule has 0 saturated heterocycles. The van der Waals surface area contributed by atoms with Gasteiger partial charge in [-0.05, 0) is 42.8 Å². The van der Waals surface area contributed by atoms with Crippen LogP contribution in [0, 0.1) is 0 Å². The van der Waals surface area contributed by atoms with Crippen molar-refractivity contribution < 1.29 is 4.74 Å². The summed E-state index contributed by atoms with van der Waals surface area (Å²) in [7, 11) is 0. The van der Waals surface area contributed by atoms with Gasteiger partial charge in [-0.3, -0.25) is 0 Å². The number of unbranched alkanes of at least 4 members (excludes halogenated alkanes) is 3. The third-order valence-corrected chi connectivity index (χ3v) is 4.39. The van der Waals surface area contributed by atoms with Crippen LogP contribution in [0.25, 0.3) is 0 Å². The standard InChI is InChI=1S/C24H27NO/c1-2-3-4-13-20-26-24-19-12-11-18-23(24)25(21-14-7-5-8-15-21)22-16-9-6-10-17-22/h5-12,14-19H,2-4,13,20H2,1H3. The monoisotopic (exact) mass is 345 g/mol. The lowest BCUT2D eigenvalue weighted by atomic mass is 10.2. The highest BCUT2D eigenvalue weighted by Gasteiger charge is 2.16. The summed E-state index contributed by atoms with van der Waals surface area (Å²) < 4.78 is 6.17. The minimum Gasteiger partial charge on any atom is -0.491 e. The van der Waals surface area contributed by atoms with Crippen LogP contribution in [-0.4, -0.2) is 6.61 Å². The molecule has 0 spiro atoms. The molecule has 0 fully saturated rings. The van der Waals surface area contributed by atoms with Crippen molar-refractivity contribution >= 4 is 17.1 Å². The van der Waals surface area contributed by atoms with E-state index >= 15 is 0 Å². The molecule has 134 valence electrons. The Hall–Kier alpha value is -2.74. The molecule has 0 bridgehead atoms. The molecule has 0 aliphatic heterocycles. The first-order valence-corrected chi connectivity index (χ1v) is 9.52. The minimum absolute atomic E-state index is 0.758. The van der Waals surface area contributed by atoms with Gasteiger partial charge >= 0.3 is 0 Å². The second kappa shape index (κ2) is 9.67. The Morgan fingerprint density at radius 2 is 1.23 bits per heavy atom. The highest BCUT2D eigenvalue weighted by Crippen LogP contribution is 2.39. The molecular weight excluding hydrogens is 318 g/mol. The Morgan fingerprint density at radius 3 is 1.85 bits per heavy atom. The average molecular weight is 345 g/mol. The molecule has 0 aliphatic rings. The summed E-state index contributed by atoms with van der Waals surface area (Å²) in [6.07, 6.45) is 4.83. The summed E-state index contributed by atoms with van der Waals surface area (Å²) in [5.41, 5.74) is 3.32. The first kappa shape index (κ1) is 18.1. The lowest BCUT2D eigenvalue weighted by molar-refractivity contribution is 0.306. The van der Waals surface area contributed by atoms with E-state index in [0.717, 1.165) is 35.8 Å². The fourth-order valence-corrected chi connectivity index (χ4v) is 3.06. The van der Waals surface area contributed by atoms with Gasteiger partial charge < -0.3 is 9.64 Å². The predicted octanol–water partition coefficient (Wildman–Crippen LogP) is 7.12. The van der Waals surface area contributed by atoms with Crippen molar-refractivity contribution in [2.75, 3.05) is 11.5 Å². The third kappa shape index (κ3) is 4.66. The van der Waals surface area contributed by atoms with E-state index in [1.165, 1.54) is 19.3 Å². The second-order valence-corrected chi connectivity index (χ2v) is 6.38. The smallest absolute Gasteiger partial charge is 0.143 e. The normalized spacial score (nSPS) is 10.5. The highest BCUT2D eigenvalue weighted by molar-refractivity contribution is 5.79. The molecule has 2 nitrogen and oxygen atoms in total. The molecule has 0 N–H and O–H groups in total. The summed E-state index contributed by atoms with van der Waals surface area (Å²) in [4.78, 5) is 2.25. The lowest BCUT2D eigenvalue weighted by Gasteiger charge is -2.27. The minimum atomic E-state index is 0.758. The van der Waals surface area contributed by atoms with E-state index < -0.39 is 0 Å². The molecule has 0 unspecified atom stereocenters. The fourth-order valence-electron chi connectivity index (χ4n) is 3.06. The van der Waals surface area contributed by atoms with E-state index in [1.54, 1.807) is 0 Å². The molecule has 0 atom stereocenters. The van der Waals surface area contributed by atoms with E-state index in [2.05, 4.69) is 78.6 Å². The first-order chi connectivity index (χ1) is 12.9. The van der Waals surface area contributed by atoms with Gasteiger partial charge in [-0.2, -0.15) is 0 Å². The Balaban J connectivity index is 1.90. The topological polar surface area (TPSA) is 12.5 Å². The number of ether oxygens (including phenoxy) is 1. The molecule has 0 aromatic heterocycles. The molecule has 3 rings (SSSR count). The van der Waals surface area contributed by atoms with Crippen molar-refractivity contribution in [2.45, 2.75) is 32.6 Å². The molecule has 26 heavy (non-hydrogen) atoms. The molecule has 0 aliphatic carbocycles. The maximum atomic E-state index is 6.17. The fraction of sp³-hybridized carbons (Fsp3) is 0.250. The number of rotatable bonds is 9. The largest absolute Gasteiger partial charge is 0.491 e. The quantitative estimate of drug-likeness (QED) is 0.383. The van der Waals surface area contributed by atoms with Gasteiger partial charge in [0.25, 0.3) is 0 Å². The SMILES string of the molecule is CCCCCCOc1ccccc1N(c1ccccc1)c1ccccc1. The third-order valence-electron chi connectivity index (χ3n) is 4.39. The van der Waals surface area contributed by atoms with Crippen LogP contribution in [0.3, 0.4) is 0 Å². The highest BCUT2D eigenvalue weighted by atomic mass is 16.5. The molecule has 3 aromatic rings. The van der Waals surface area contributed by atoms with E-state index in [4.69, 9.17) is 4.74 Å². The van der Waals surface area contributed by atoms with Gasteiger partial charge in [0.15, 0.2) is 0 Å². The Morgan fingerprint density at radius 1 is 0.654 bits per heavy atom. The zero-order valence-electron chi connectivity index (χ0n) is 15.5. The maximum absolute atomic E-state index is 6.17. The Bertz CT molecular complexity index is 731. The van der Waals surface area contributed by atoms with Gasteiger partial charge in [-0.25, -0.2) is 0 Å². The van der Waals surface area contributed by atoms with Crippen molar-refractivity contribution in [1.82, 2.24) is 0 Å². The van der Waals surface area contributed by atoms with Gasteiger partial charge in [0, 0.05) is 11.4 Å². The van der Waals surface area contributed by atoms with Gasteiger partial charge in [-0.1, -0.05) is 74.7 Å². The van der Waals surface area contributed by atoms with E-state index in [-0.39, 0.29) is 0 Å². The summed E-state index contributed by atoms with van der Waals surface area (Å²) in [6.45, 7) is 2.99. The van der Waals surface area contributed by atoms with Crippen LogP contribution in [0.2, 0.25) is 0 Å². The van der Waals surface area contributed by atoms with Crippen LogP contribution in [0.15, 0.2) is 84.9 Å². The molecule has 0 heterocycles. The first-order valence-electron chi connectivity index (χ1n) is 9.52. The van der Waals surface area contributed by atoms with Crippen LogP contribution in [0.4, 0.5) is 17.1 Å². The van der Waals surface area contributed by atoms with Crippen LogP contribution >= 0.6 is 0 Å². The van der Waals surface area contributed by atoms with Crippen molar-refractivity contribution in [1.29, 1.82) is 0 Å². The summed E-state index contributed by atoms with van der Waals surface area (Å²) in [5, 5.41) is 0. The van der Waals surface area contributed by atoms with Gasteiger partial charge in [0.1, 0.15) is 5.75 Å². The number of nitrogens with zero attached hydrogens (tertiary/aromatic N) is 1. The molecule has 0 saturated carbocycles. The maximum Gasteiger partial charge on any atom is 0.143 e. The number of para-hydroxylation sites is 4. The van der Waals surface area contributed by atoms with Crippen molar-refractivity contribution in [3.63, 3.8) is 0 Å². The number of hydrogen-bond donors (Lipinski definition) is 0. The van der Waals surface area contributed by atoms with Crippen LogP contribution < -0.4 is 9.64 Å². The van der Waals surface area contributed by atoms with Crippen molar-refractivity contribution in [3.8, 4) is 5.75 Å². The zero-order chi connectivity index (χ0) is 18.0. The van der Waals surface area contributed by atoms with Gasteiger partial charge in [0.2, 0.25) is 0 Å². The molecule has 2 heteroatoms. The Kier molecular flexibility index (Phi) is 6.72.